The predicted molar refractivity (Wildman–Crippen MR) is 110 cm³/mol. The molecule has 6 nitrogen and oxygen atoms in total. The van der Waals surface area contributed by atoms with Crippen LogP contribution in [0.3, 0.4) is 0 Å². The van der Waals surface area contributed by atoms with E-state index in [2.05, 4.69) is 15.1 Å². The third kappa shape index (κ3) is 4.28. The van der Waals surface area contributed by atoms with Crippen molar-refractivity contribution in [2.45, 2.75) is 25.9 Å². The van der Waals surface area contributed by atoms with Gasteiger partial charge in [-0.25, -0.2) is 8.78 Å². The normalized spacial score (nSPS) is 12.0. The first-order valence-corrected chi connectivity index (χ1v) is 9.50. The van der Waals surface area contributed by atoms with E-state index in [1.807, 2.05) is 42.3 Å². The van der Waals surface area contributed by atoms with E-state index in [-0.39, 0.29) is 11.1 Å². The number of nitrogens with one attached hydrogen (secondary N) is 1. The number of fused-ring (bicyclic) bond motifs is 1. The van der Waals surface area contributed by atoms with E-state index < -0.39 is 5.92 Å². The Morgan fingerprint density at radius 3 is 2.43 bits per heavy atom. The number of halogens is 2. The second-order valence-corrected chi connectivity index (χ2v) is 7.43. The van der Waals surface area contributed by atoms with Crippen LogP contribution in [0.15, 0.2) is 65.5 Å². The Morgan fingerprint density at radius 1 is 1.07 bits per heavy atom. The largest absolute Gasteiger partial charge is 0.326 e. The molecule has 2 aromatic heterocycles. The van der Waals surface area contributed by atoms with E-state index in [4.69, 9.17) is 0 Å². The molecule has 0 radical (unpaired) electrons. The van der Waals surface area contributed by atoms with Gasteiger partial charge in [0.1, 0.15) is 0 Å². The summed E-state index contributed by atoms with van der Waals surface area (Å²) in [6.07, 6.45) is 0. The van der Waals surface area contributed by atoms with Gasteiger partial charge in [0.15, 0.2) is 5.82 Å². The standard InChI is InChI=1S/C22H21F2N5O/c1-22(23,24)17-10-8-15(9-11-17)13-28(2)14-18-12-19(30)29-21(25-18)26-20(27-29)16-6-4-3-5-7-16/h3-12H,13-14H2,1-2H3,(H,25,26,27). The Morgan fingerprint density at radius 2 is 1.77 bits per heavy atom. The predicted octanol–water partition coefficient (Wildman–Crippen LogP) is 3.83. The fourth-order valence-electron chi connectivity index (χ4n) is 3.29. The smallest absolute Gasteiger partial charge is 0.275 e. The molecule has 0 aliphatic rings. The van der Waals surface area contributed by atoms with E-state index in [1.54, 1.807) is 12.1 Å². The van der Waals surface area contributed by atoms with Crippen LogP contribution in [0.4, 0.5) is 8.78 Å². The zero-order valence-corrected chi connectivity index (χ0v) is 16.6. The molecule has 0 saturated carbocycles. The van der Waals surface area contributed by atoms with Gasteiger partial charge in [-0.3, -0.25) is 9.69 Å². The molecule has 2 aromatic carbocycles. The number of hydrogen-bond donors (Lipinski definition) is 1. The summed E-state index contributed by atoms with van der Waals surface area (Å²) in [7, 11) is 1.89. The maximum atomic E-state index is 13.4. The summed E-state index contributed by atoms with van der Waals surface area (Å²) in [6.45, 7) is 1.89. The molecule has 0 aliphatic heterocycles. The van der Waals surface area contributed by atoms with Crippen molar-refractivity contribution in [1.82, 2.24) is 24.5 Å². The fourth-order valence-corrected chi connectivity index (χ4v) is 3.29. The molecule has 0 aliphatic carbocycles. The first kappa shape index (κ1) is 19.9. The van der Waals surface area contributed by atoms with E-state index in [0.29, 0.717) is 30.4 Å². The van der Waals surface area contributed by atoms with Gasteiger partial charge < -0.3 is 4.98 Å². The fraction of sp³-hybridized carbons (Fsp3) is 0.227. The Bertz CT molecular complexity index is 1210. The summed E-state index contributed by atoms with van der Waals surface area (Å²) in [6, 6.07) is 17.2. The van der Waals surface area contributed by atoms with Gasteiger partial charge >= 0.3 is 0 Å². The average molecular weight is 409 g/mol. The Labute approximate surface area is 171 Å². The summed E-state index contributed by atoms with van der Waals surface area (Å²) in [5, 5.41) is 4.29. The topological polar surface area (TPSA) is 66.3 Å². The van der Waals surface area contributed by atoms with Crippen molar-refractivity contribution < 1.29 is 8.78 Å². The molecule has 0 spiro atoms. The SMILES string of the molecule is CN(Cc1ccc(C(C)(F)F)cc1)Cc1cc(=O)n2nc(-c3ccccc3)nc2[nH]1. The minimum absolute atomic E-state index is 0.00953. The van der Waals surface area contributed by atoms with Crippen LogP contribution in [0.2, 0.25) is 0 Å². The summed E-state index contributed by atoms with van der Waals surface area (Å²) < 4.78 is 28.0. The molecule has 0 amide bonds. The molecule has 0 fully saturated rings. The highest BCUT2D eigenvalue weighted by atomic mass is 19.3. The number of aromatic nitrogens is 4. The minimum Gasteiger partial charge on any atom is -0.326 e. The number of alkyl halides is 2. The number of H-pyrrole nitrogens is 1. The molecule has 30 heavy (non-hydrogen) atoms. The van der Waals surface area contributed by atoms with Crippen molar-refractivity contribution in [3.05, 3.63) is 87.8 Å². The Hall–Kier alpha value is -3.39. The molecule has 4 rings (SSSR count). The summed E-state index contributed by atoms with van der Waals surface area (Å²) in [5.41, 5.74) is 2.15. The van der Waals surface area contributed by atoms with Gasteiger partial charge in [0.05, 0.1) is 0 Å². The van der Waals surface area contributed by atoms with Crippen LogP contribution in [0.25, 0.3) is 17.2 Å². The quantitative estimate of drug-likeness (QED) is 0.526. The zero-order chi connectivity index (χ0) is 21.3. The lowest BCUT2D eigenvalue weighted by Crippen LogP contribution is -2.22. The lowest BCUT2D eigenvalue weighted by molar-refractivity contribution is 0.0174. The number of hydrogen-bond acceptors (Lipinski definition) is 4. The van der Waals surface area contributed by atoms with Crippen molar-refractivity contribution in [3.63, 3.8) is 0 Å². The highest BCUT2D eigenvalue weighted by Gasteiger charge is 2.23. The lowest BCUT2D eigenvalue weighted by Gasteiger charge is -2.17. The molecule has 0 saturated heterocycles. The molecule has 4 aromatic rings. The number of aromatic amines is 1. The van der Waals surface area contributed by atoms with E-state index in [0.717, 1.165) is 18.1 Å². The van der Waals surface area contributed by atoms with Crippen LogP contribution in [0, 0.1) is 0 Å². The van der Waals surface area contributed by atoms with Crippen LogP contribution in [-0.4, -0.2) is 31.5 Å². The first-order valence-electron chi connectivity index (χ1n) is 9.50. The summed E-state index contributed by atoms with van der Waals surface area (Å²) in [5.74, 6) is -2.00. The van der Waals surface area contributed by atoms with Gasteiger partial charge in [-0.1, -0.05) is 54.6 Å². The van der Waals surface area contributed by atoms with Crippen LogP contribution in [-0.2, 0) is 19.0 Å². The van der Waals surface area contributed by atoms with E-state index in [9.17, 15) is 13.6 Å². The Kier molecular flexibility index (Phi) is 5.17. The molecule has 2 heterocycles. The number of benzene rings is 2. The molecule has 154 valence electrons. The van der Waals surface area contributed by atoms with Gasteiger partial charge in [-0.15, -0.1) is 5.10 Å². The summed E-state index contributed by atoms with van der Waals surface area (Å²) in [4.78, 5) is 22.0. The highest BCUT2D eigenvalue weighted by molar-refractivity contribution is 5.56. The van der Waals surface area contributed by atoms with Crippen molar-refractivity contribution in [2.75, 3.05) is 7.05 Å². The van der Waals surface area contributed by atoms with E-state index >= 15 is 0 Å². The third-order valence-corrected chi connectivity index (χ3v) is 4.77. The lowest BCUT2D eigenvalue weighted by atomic mass is 10.1. The maximum absolute atomic E-state index is 13.4. The minimum atomic E-state index is -2.85. The van der Waals surface area contributed by atoms with Crippen LogP contribution in [0.5, 0.6) is 0 Å². The van der Waals surface area contributed by atoms with Gasteiger partial charge in [0.25, 0.3) is 11.5 Å². The monoisotopic (exact) mass is 409 g/mol. The van der Waals surface area contributed by atoms with Crippen molar-refractivity contribution in [2.24, 2.45) is 0 Å². The second-order valence-electron chi connectivity index (χ2n) is 7.43. The zero-order valence-electron chi connectivity index (χ0n) is 16.6. The van der Waals surface area contributed by atoms with Gasteiger partial charge in [-0.2, -0.15) is 9.50 Å². The molecular formula is C22H21F2N5O. The molecule has 8 heteroatoms. The molecular weight excluding hydrogens is 388 g/mol. The van der Waals surface area contributed by atoms with Crippen LogP contribution >= 0.6 is 0 Å². The Balaban J connectivity index is 1.51. The van der Waals surface area contributed by atoms with Crippen molar-refractivity contribution in [3.8, 4) is 11.4 Å². The molecule has 1 N–H and O–H groups in total. The summed E-state index contributed by atoms with van der Waals surface area (Å²) >= 11 is 0. The second kappa shape index (κ2) is 7.79. The van der Waals surface area contributed by atoms with Crippen LogP contribution < -0.4 is 5.56 Å². The molecule has 0 bridgehead atoms. The van der Waals surface area contributed by atoms with Gasteiger partial charge in [0, 0.05) is 42.9 Å². The average Bonchev–Trinajstić information content (AvgIpc) is 3.13. The van der Waals surface area contributed by atoms with Crippen LogP contribution in [0.1, 0.15) is 23.7 Å². The molecule has 0 atom stereocenters. The van der Waals surface area contributed by atoms with Gasteiger partial charge in [-0.05, 0) is 12.6 Å². The van der Waals surface area contributed by atoms with E-state index in [1.165, 1.54) is 22.7 Å². The van der Waals surface area contributed by atoms with Crippen molar-refractivity contribution >= 4 is 5.78 Å². The maximum Gasteiger partial charge on any atom is 0.275 e. The number of nitrogens with zero attached hydrogens (tertiary/aromatic N) is 4. The van der Waals surface area contributed by atoms with Crippen molar-refractivity contribution in [1.29, 1.82) is 0 Å². The highest BCUT2D eigenvalue weighted by Crippen LogP contribution is 2.27. The molecule has 0 unspecified atom stereocenters. The third-order valence-electron chi connectivity index (χ3n) is 4.77. The number of rotatable bonds is 6. The van der Waals surface area contributed by atoms with Gasteiger partial charge in [0.2, 0.25) is 5.78 Å². The first-order chi connectivity index (χ1) is 14.3.